The highest BCUT2D eigenvalue weighted by atomic mass is 15.5. The van der Waals surface area contributed by atoms with Crippen LogP contribution in [0.3, 0.4) is 0 Å². The van der Waals surface area contributed by atoms with Crippen LogP contribution in [0.1, 0.15) is 36.6 Å². The number of tetrazole rings is 1. The molecule has 3 N–H and O–H groups in total. The van der Waals surface area contributed by atoms with Crippen LogP contribution in [0, 0.1) is 5.92 Å². The fourth-order valence-electron chi connectivity index (χ4n) is 4.13. The number of rotatable bonds is 8. The summed E-state index contributed by atoms with van der Waals surface area (Å²) in [6, 6.07) is 24.6. The minimum absolute atomic E-state index is 0.495. The topological polar surface area (TPSA) is 111 Å². The van der Waals surface area contributed by atoms with Gasteiger partial charge in [0.2, 0.25) is 0 Å². The van der Waals surface area contributed by atoms with E-state index >= 15 is 0 Å². The average molecular weight is 465 g/mol. The van der Waals surface area contributed by atoms with Crippen LogP contribution in [0.5, 0.6) is 0 Å². The second kappa shape index (κ2) is 9.89. The van der Waals surface area contributed by atoms with E-state index < -0.39 is 0 Å². The zero-order chi connectivity index (χ0) is 24.2. The molecule has 0 aliphatic rings. The van der Waals surface area contributed by atoms with Gasteiger partial charge in [-0.15, -0.1) is 5.10 Å². The summed E-state index contributed by atoms with van der Waals surface area (Å²) in [5, 5.41) is 19.2. The number of hydrogen-bond donors (Lipinski definition) is 2. The molecule has 5 aromatic rings. The molecule has 0 atom stereocenters. The lowest BCUT2D eigenvalue weighted by molar-refractivity contribution is 0.598. The third-order valence-corrected chi connectivity index (χ3v) is 5.85. The van der Waals surface area contributed by atoms with E-state index in [9.17, 15) is 0 Å². The molecule has 0 unspecified atom stereocenters. The third-order valence-electron chi connectivity index (χ3n) is 5.85. The zero-order valence-electron chi connectivity index (χ0n) is 19.9. The van der Waals surface area contributed by atoms with Crippen molar-refractivity contribution < 1.29 is 0 Å². The van der Waals surface area contributed by atoms with E-state index in [1.807, 2.05) is 47.1 Å². The Morgan fingerprint density at radius 2 is 1.60 bits per heavy atom. The Morgan fingerprint density at radius 1 is 0.886 bits per heavy atom. The van der Waals surface area contributed by atoms with Crippen molar-refractivity contribution in [2.75, 3.05) is 5.73 Å². The van der Waals surface area contributed by atoms with Gasteiger partial charge in [-0.25, -0.2) is 14.8 Å². The minimum Gasteiger partial charge on any atom is -0.399 e. The van der Waals surface area contributed by atoms with Gasteiger partial charge in [-0.05, 0) is 50.7 Å². The standard InChI is InChI=1S/C27H28N8/c1-18(2)15-25-29-26(16-19-9-13-22(28)14-10-19)35(32-25)17-20-7-11-21(12-8-20)23-5-3-4-6-24(23)27-30-33-34-31-27/h3-14,18H,15-17,28H2,1-2H3,(H,30,31,33,34). The number of nitrogen functional groups attached to an aromatic ring is 1. The molecule has 8 nitrogen and oxygen atoms in total. The number of aromatic amines is 1. The van der Waals surface area contributed by atoms with Gasteiger partial charge in [-0.2, -0.15) is 5.10 Å². The number of nitrogens with zero attached hydrogens (tertiary/aromatic N) is 6. The van der Waals surface area contributed by atoms with Crippen molar-refractivity contribution in [3.05, 3.63) is 95.6 Å². The molecule has 2 aromatic heterocycles. The molecule has 0 amide bonds. The maximum atomic E-state index is 5.86. The number of aromatic nitrogens is 7. The SMILES string of the molecule is CC(C)Cc1nc(Cc2ccc(N)cc2)n(Cc2ccc(-c3ccccc3-c3nnn[nH]3)cc2)n1. The normalized spacial score (nSPS) is 11.3. The third kappa shape index (κ3) is 5.27. The van der Waals surface area contributed by atoms with Gasteiger partial charge in [0, 0.05) is 24.1 Å². The van der Waals surface area contributed by atoms with Gasteiger partial charge in [-0.1, -0.05) is 74.5 Å². The Bertz CT molecular complexity index is 1380. The first-order valence-corrected chi connectivity index (χ1v) is 11.7. The van der Waals surface area contributed by atoms with Crippen LogP contribution in [0.2, 0.25) is 0 Å². The number of H-pyrrole nitrogens is 1. The lowest BCUT2D eigenvalue weighted by atomic mass is 9.98. The van der Waals surface area contributed by atoms with Gasteiger partial charge in [0.05, 0.1) is 6.54 Å². The Hall–Kier alpha value is -4.33. The predicted molar refractivity (Wildman–Crippen MR) is 136 cm³/mol. The largest absolute Gasteiger partial charge is 0.399 e. The van der Waals surface area contributed by atoms with E-state index in [0.717, 1.165) is 51.6 Å². The van der Waals surface area contributed by atoms with Crippen LogP contribution < -0.4 is 5.73 Å². The van der Waals surface area contributed by atoms with Crippen molar-refractivity contribution in [2.24, 2.45) is 5.92 Å². The fraction of sp³-hybridized carbons (Fsp3) is 0.222. The molecule has 8 heteroatoms. The number of nitrogens with two attached hydrogens (primary N) is 1. The van der Waals surface area contributed by atoms with Crippen LogP contribution >= 0.6 is 0 Å². The van der Waals surface area contributed by atoms with E-state index in [1.54, 1.807) is 0 Å². The Morgan fingerprint density at radius 3 is 2.29 bits per heavy atom. The maximum Gasteiger partial charge on any atom is 0.180 e. The average Bonchev–Trinajstić information content (AvgIpc) is 3.51. The van der Waals surface area contributed by atoms with Crippen molar-refractivity contribution in [3.8, 4) is 22.5 Å². The maximum absolute atomic E-state index is 5.86. The molecule has 0 fully saturated rings. The van der Waals surface area contributed by atoms with Crippen LogP contribution in [0.15, 0.2) is 72.8 Å². The van der Waals surface area contributed by atoms with Gasteiger partial charge in [0.25, 0.3) is 0 Å². The van der Waals surface area contributed by atoms with E-state index in [1.165, 1.54) is 0 Å². The number of hydrogen-bond acceptors (Lipinski definition) is 6. The molecule has 0 saturated heterocycles. The van der Waals surface area contributed by atoms with Gasteiger partial charge in [0.15, 0.2) is 11.6 Å². The van der Waals surface area contributed by atoms with Crippen molar-refractivity contribution >= 4 is 5.69 Å². The molecule has 0 aliphatic heterocycles. The molecule has 0 saturated carbocycles. The van der Waals surface area contributed by atoms with Crippen molar-refractivity contribution in [1.29, 1.82) is 0 Å². The molecule has 0 bridgehead atoms. The van der Waals surface area contributed by atoms with E-state index in [-0.39, 0.29) is 0 Å². The number of anilines is 1. The van der Waals surface area contributed by atoms with Crippen LogP contribution in [0.4, 0.5) is 5.69 Å². The molecule has 0 spiro atoms. The lowest BCUT2D eigenvalue weighted by Gasteiger charge is -2.10. The summed E-state index contributed by atoms with van der Waals surface area (Å²) in [7, 11) is 0. The highest BCUT2D eigenvalue weighted by Crippen LogP contribution is 2.29. The number of benzene rings is 3. The number of nitrogens with one attached hydrogen (secondary N) is 1. The summed E-state index contributed by atoms with van der Waals surface area (Å²) < 4.78 is 2.03. The first kappa shape index (κ1) is 22.5. The summed E-state index contributed by atoms with van der Waals surface area (Å²) >= 11 is 0. The first-order valence-electron chi connectivity index (χ1n) is 11.7. The second-order valence-corrected chi connectivity index (χ2v) is 9.11. The first-order chi connectivity index (χ1) is 17.0. The van der Waals surface area contributed by atoms with Gasteiger partial charge >= 0.3 is 0 Å². The summed E-state index contributed by atoms with van der Waals surface area (Å²) in [4.78, 5) is 4.87. The highest BCUT2D eigenvalue weighted by Gasteiger charge is 2.14. The molecule has 2 heterocycles. The molecule has 35 heavy (non-hydrogen) atoms. The minimum atomic E-state index is 0.495. The van der Waals surface area contributed by atoms with E-state index in [2.05, 4.69) is 64.8 Å². The summed E-state index contributed by atoms with van der Waals surface area (Å²) in [6.45, 7) is 5.03. The lowest BCUT2D eigenvalue weighted by Crippen LogP contribution is -2.08. The van der Waals surface area contributed by atoms with Crippen LogP contribution in [-0.4, -0.2) is 35.4 Å². The van der Waals surface area contributed by atoms with Crippen LogP contribution in [-0.2, 0) is 19.4 Å². The van der Waals surface area contributed by atoms with Gasteiger partial charge < -0.3 is 5.73 Å². The van der Waals surface area contributed by atoms with E-state index in [0.29, 0.717) is 24.7 Å². The fourth-order valence-corrected chi connectivity index (χ4v) is 4.13. The zero-order valence-corrected chi connectivity index (χ0v) is 19.9. The molecule has 5 rings (SSSR count). The molecular weight excluding hydrogens is 436 g/mol. The summed E-state index contributed by atoms with van der Waals surface area (Å²) in [5.74, 6) is 2.99. The van der Waals surface area contributed by atoms with Crippen molar-refractivity contribution in [3.63, 3.8) is 0 Å². The van der Waals surface area contributed by atoms with Crippen molar-refractivity contribution in [2.45, 2.75) is 33.2 Å². The monoisotopic (exact) mass is 464 g/mol. The molecular formula is C27H28N8. The Balaban J connectivity index is 1.40. The Kier molecular flexibility index (Phi) is 6.34. The molecule has 0 radical (unpaired) electrons. The Labute approximate surface area is 204 Å². The van der Waals surface area contributed by atoms with Gasteiger partial charge in [0.1, 0.15) is 5.82 Å². The van der Waals surface area contributed by atoms with Gasteiger partial charge in [-0.3, -0.25) is 0 Å². The molecule has 0 aliphatic carbocycles. The van der Waals surface area contributed by atoms with Crippen molar-refractivity contribution in [1.82, 2.24) is 35.4 Å². The van der Waals surface area contributed by atoms with Crippen LogP contribution in [0.25, 0.3) is 22.5 Å². The summed E-state index contributed by atoms with van der Waals surface area (Å²) in [5.41, 5.74) is 12.1. The predicted octanol–water partition coefficient (Wildman–Crippen LogP) is 4.55. The second-order valence-electron chi connectivity index (χ2n) is 9.11. The quantitative estimate of drug-likeness (QED) is 0.326. The molecule has 176 valence electrons. The highest BCUT2D eigenvalue weighted by molar-refractivity contribution is 5.80. The smallest absolute Gasteiger partial charge is 0.180 e. The molecule has 3 aromatic carbocycles. The van der Waals surface area contributed by atoms with E-state index in [4.69, 9.17) is 15.8 Å². The summed E-state index contributed by atoms with van der Waals surface area (Å²) in [6.07, 6.45) is 1.57.